The van der Waals surface area contributed by atoms with E-state index in [1.165, 1.54) is 0 Å². The van der Waals surface area contributed by atoms with E-state index in [0.717, 1.165) is 36.1 Å². The standard InChI is InChI=1S/C25H37N3O3/c1-5-16-27(17-19-10-8-7-9-11-19)21(29)18-28-22(30)25(26-23(28)31)14-12-20(13-15-25)24(3,4)6-2/h7-11,20H,5-6,12-18H2,1-4H3,(H,26,31). The number of imide groups is 1. The molecule has 2 aliphatic rings. The van der Waals surface area contributed by atoms with Gasteiger partial charge < -0.3 is 10.2 Å². The SMILES string of the molecule is CCCN(Cc1ccccc1)C(=O)CN1C(=O)NC2(CCC(C(C)(C)CC)CC2)C1=O. The maximum atomic E-state index is 13.3. The molecule has 1 spiro atoms. The van der Waals surface area contributed by atoms with Crippen molar-refractivity contribution < 1.29 is 14.4 Å². The van der Waals surface area contributed by atoms with Gasteiger partial charge >= 0.3 is 6.03 Å². The lowest BCUT2D eigenvalue weighted by atomic mass is 9.65. The van der Waals surface area contributed by atoms with E-state index in [4.69, 9.17) is 0 Å². The number of nitrogens with one attached hydrogen (secondary N) is 1. The molecule has 4 amide bonds. The first-order chi connectivity index (χ1) is 14.7. The third-order valence-corrected chi connectivity index (χ3v) is 7.46. The Hall–Kier alpha value is -2.37. The van der Waals surface area contributed by atoms with Crippen LogP contribution in [0.4, 0.5) is 4.79 Å². The Labute approximate surface area is 186 Å². The Balaban J connectivity index is 1.66. The van der Waals surface area contributed by atoms with E-state index in [1.807, 2.05) is 37.3 Å². The number of hydrogen-bond acceptors (Lipinski definition) is 3. The molecule has 0 atom stereocenters. The number of carbonyl (C=O) groups excluding carboxylic acids is 3. The Bertz CT molecular complexity index is 797. The lowest BCUT2D eigenvalue weighted by Crippen LogP contribution is -2.51. The summed E-state index contributed by atoms with van der Waals surface area (Å²) in [6.45, 7) is 9.67. The van der Waals surface area contributed by atoms with Crippen molar-refractivity contribution in [1.29, 1.82) is 0 Å². The summed E-state index contributed by atoms with van der Waals surface area (Å²) in [5.41, 5.74) is 0.447. The molecule has 170 valence electrons. The summed E-state index contributed by atoms with van der Waals surface area (Å²) < 4.78 is 0. The zero-order valence-corrected chi connectivity index (χ0v) is 19.4. The van der Waals surface area contributed by atoms with Crippen LogP contribution in [0.3, 0.4) is 0 Å². The molecule has 1 aromatic rings. The van der Waals surface area contributed by atoms with Crippen LogP contribution < -0.4 is 5.32 Å². The van der Waals surface area contributed by atoms with E-state index < -0.39 is 11.6 Å². The normalized spacial score (nSPS) is 23.9. The molecule has 1 aliphatic heterocycles. The molecular formula is C25H37N3O3. The molecule has 31 heavy (non-hydrogen) atoms. The van der Waals surface area contributed by atoms with Gasteiger partial charge in [-0.05, 0) is 49.0 Å². The first kappa shape index (κ1) is 23.3. The van der Waals surface area contributed by atoms with Crippen LogP contribution in [0.25, 0.3) is 0 Å². The zero-order valence-electron chi connectivity index (χ0n) is 19.4. The Morgan fingerprint density at radius 3 is 2.39 bits per heavy atom. The van der Waals surface area contributed by atoms with Crippen molar-refractivity contribution in [3.8, 4) is 0 Å². The fourth-order valence-corrected chi connectivity index (χ4v) is 4.94. The molecule has 1 aromatic carbocycles. The highest BCUT2D eigenvalue weighted by atomic mass is 16.2. The number of urea groups is 1. The Kier molecular flexibility index (Phi) is 7.07. The molecule has 6 nitrogen and oxygen atoms in total. The second kappa shape index (κ2) is 9.41. The molecule has 3 rings (SSSR count). The minimum absolute atomic E-state index is 0.188. The van der Waals surface area contributed by atoms with Gasteiger partial charge in [-0.1, -0.05) is 64.4 Å². The minimum Gasteiger partial charge on any atom is -0.337 e. The van der Waals surface area contributed by atoms with E-state index in [9.17, 15) is 14.4 Å². The summed E-state index contributed by atoms with van der Waals surface area (Å²) in [6, 6.07) is 9.37. The number of rotatable bonds is 8. The van der Waals surface area contributed by atoms with Gasteiger partial charge in [0.15, 0.2) is 0 Å². The molecule has 0 unspecified atom stereocenters. The second-order valence-electron chi connectivity index (χ2n) is 9.82. The van der Waals surface area contributed by atoms with E-state index in [0.29, 0.717) is 31.8 Å². The quantitative estimate of drug-likeness (QED) is 0.628. The maximum Gasteiger partial charge on any atom is 0.325 e. The summed E-state index contributed by atoms with van der Waals surface area (Å²) >= 11 is 0. The average molecular weight is 428 g/mol. The lowest BCUT2D eigenvalue weighted by Gasteiger charge is -2.42. The largest absolute Gasteiger partial charge is 0.337 e. The topological polar surface area (TPSA) is 69.7 Å². The predicted octanol–water partition coefficient (Wildman–Crippen LogP) is 4.34. The Morgan fingerprint density at radius 1 is 1.16 bits per heavy atom. The van der Waals surface area contributed by atoms with Crippen molar-refractivity contribution in [2.24, 2.45) is 11.3 Å². The minimum atomic E-state index is -0.827. The van der Waals surface area contributed by atoms with E-state index in [1.54, 1.807) is 4.90 Å². The Morgan fingerprint density at radius 2 is 1.81 bits per heavy atom. The molecule has 0 bridgehead atoms. The van der Waals surface area contributed by atoms with Gasteiger partial charge in [0.2, 0.25) is 5.91 Å². The average Bonchev–Trinajstić information content (AvgIpc) is 2.98. The molecule has 0 aromatic heterocycles. The molecule has 6 heteroatoms. The monoisotopic (exact) mass is 427 g/mol. The third kappa shape index (κ3) is 4.94. The molecular weight excluding hydrogens is 390 g/mol. The van der Waals surface area contributed by atoms with Gasteiger partial charge in [0.05, 0.1) is 0 Å². The molecule has 1 aliphatic carbocycles. The first-order valence-corrected chi connectivity index (χ1v) is 11.7. The third-order valence-electron chi connectivity index (χ3n) is 7.46. The van der Waals surface area contributed by atoms with Gasteiger partial charge in [-0.3, -0.25) is 14.5 Å². The van der Waals surface area contributed by atoms with Crippen molar-refractivity contribution >= 4 is 17.8 Å². The molecule has 1 heterocycles. The first-order valence-electron chi connectivity index (χ1n) is 11.7. The van der Waals surface area contributed by atoms with E-state index in [2.05, 4.69) is 26.1 Å². The smallest absolute Gasteiger partial charge is 0.325 e. The maximum absolute atomic E-state index is 13.3. The van der Waals surface area contributed by atoms with Crippen LogP contribution in [-0.2, 0) is 16.1 Å². The lowest BCUT2D eigenvalue weighted by molar-refractivity contribution is -0.140. The molecule has 1 saturated carbocycles. The van der Waals surface area contributed by atoms with Gasteiger partial charge in [0.25, 0.3) is 5.91 Å². The number of benzene rings is 1. The molecule has 2 fully saturated rings. The van der Waals surface area contributed by atoms with Crippen LogP contribution in [-0.4, -0.2) is 46.3 Å². The van der Waals surface area contributed by atoms with Gasteiger partial charge in [-0.25, -0.2) is 4.79 Å². The number of carbonyl (C=O) groups is 3. The highest BCUT2D eigenvalue weighted by molar-refractivity contribution is 6.09. The summed E-state index contributed by atoms with van der Waals surface area (Å²) in [7, 11) is 0. The van der Waals surface area contributed by atoms with Gasteiger partial charge in [0, 0.05) is 13.1 Å². The fraction of sp³-hybridized carbons (Fsp3) is 0.640. The van der Waals surface area contributed by atoms with Crippen LogP contribution in [0.15, 0.2) is 30.3 Å². The van der Waals surface area contributed by atoms with Crippen molar-refractivity contribution in [2.45, 2.75) is 78.3 Å². The van der Waals surface area contributed by atoms with E-state index in [-0.39, 0.29) is 23.8 Å². The van der Waals surface area contributed by atoms with Crippen molar-refractivity contribution in [1.82, 2.24) is 15.1 Å². The molecule has 0 radical (unpaired) electrons. The summed E-state index contributed by atoms with van der Waals surface area (Å²) in [5.74, 6) is 0.135. The van der Waals surface area contributed by atoms with Crippen LogP contribution in [0.5, 0.6) is 0 Å². The van der Waals surface area contributed by atoms with Gasteiger partial charge in [-0.15, -0.1) is 0 Å². The van der Waals surface area contributed by atoms with Gasteiger partial charge in [0.1, 0.15) is 12.1 Å². The number of amides is 4. The molecule has 1 saturated heterocycles. The summed E-state index contributed by atoms with van der Waals surface area (Å²) in [5, 5.41) is 2.95. The van der Waals surface area contributed by atoms with Crippen molar-refractivity contribution in [2.75, 3.05) is 13.1 Å². The summed E-state index contributed by atoms with van der Waals surface area (Å²) in [6.07, 6.45) is 5.06. The highest BCUT2D eigenvalue weighted by Gasteiger charge is 2.53. The van der Waals surface area contributed by atoms with Crippen molar-refractivity contribution in [3.05, 3.63) is 35.9 Å². The van der Waals surface area contributed by atoms with Crippen LogP contribution in [0.1, 0.15) is 71.8 Å². The van der Waals surface area contributed by atoms with Crippen LogP contribution >= 0.6 is 0 Å². The van der Waals surface area contributed by atoms with Crippen LogP contribution in [0.2, 0.25) is 0 Å². The van der Waals surface area contributed by atoms with E-state index >= 15 is 0 Å². The predicted molar refractivity (Wildman–Crippen MR) is 121 cm³/mol. The van der Waals surface area contributed by atoms with Gasteiger partial charge in [-0.2, -0.15) is 0 Å². The summed E-state index contributed by atoms with van der Waals surface area (Å²) in [4.78, 5) is 41.9. The van der Waals surface area contributed by atoms with Crippen LogP contribution in [0, 0.1) is 11.3 Å². The van der Waals surface area contributed by atoms with Crippen molar-refractivity contribution in [3.63, 3.8) is 0 Å². The second-order valence-corrected chi connectivity index (χ2v) is 9.82. The zero-order chi connectivity index (χ0) is 22.6. The number of nitrogens with zero attached hydrogens (tertiary/aromatic N) is 2. The molecule has 1 N–H and O–H groups in total. The fourth-order valence-electron chi connectivity index (χ4n) is 4.94. The number of hydrogen-bond donors (Lipinski definition) is 1. The highest BCUT2D eigenvalue weighted by Crippen LogP contribution is 2.45.